The van der Waals surface area contributed by atoms with E-state index in [0.29, 0.717) is 23.1 Å². The summed E-state index contributed by atoms with van der Waals surface area (Å²) in [6.07, 6.45) is 3.49. The van der Waals surface area contributed by atoms with Crippen LogP contribution in [0.25, 0.3) is 0 Å². The zero-order valence-electron chi connectivity index (χ0n) is 13.9. The minimum absolute atomic E-state index is 0. The third-order valence-corrected chi connectivity index (χ3v) is 4.82. The molecule has 0 bridgehead atoms. The van der Waals surface area contributed by atoms with Gasteiger partial charge in [-0.3, -0.25) is 4.79 Å². The van der Waals surface area contributed by atoms with Crippen molar-refractivity contribution in [1.29, 1.82) is 0 Å². The van der Waals surface area contributed by atoms with E-state index in [1.807, 2.05) is 24.1 Å². The topological polar surface area (TPSA) is 41.6 Å². The molecule has 1 fully saturated rings. The van der Waals surface area contributed by atoms with Gasteiger partial charge < -0.3 is 15.0 Å². The summed E-state index contributed by atoms with van der Waals surface area (Å²) in [6, 6.07) is 5.55. The zero-order valence-corrected chi connectivity index (χ0v) is 16.2. The molecule has 0 aliphatic carbocycles. The SMILES string of the molecule is CNCCCC(=O)N1CCC(OCc2ccc(Cl)c(Cl)c2)CC1.Cl. The molecular weight excluding hydrogens is 371 g/mol. The van der Waals surface area contributed by atoms with E-state index >= 15 is 0 Å². The lowest BCUT2D eigenvalue weighted by Crippen LogP contribution is -2.40. The van der Waals surface area contributed by atoms with Crippen molar-refractivity contribution in [1.82, 2.24) is 10.2 Å². The minimum atomic E-state index is 0. The van der Waals surface area contributed by atoms with Gasteiger partial charge in [-0.2, -0.15) is 0 Å². The average molecular weight is 396 g/mol. The van der Waals surface area contributed by atoms with Crippen LogP contribution in [0.15, 0.2) is 18.2 Å². The first-order valence-corrected chi connectivity index (χ1v) is 8.83. The molecule has 0 saturated carbocycles. The standard InChI is InChI=1S/C17H24Cl2N2O2.ClH/c1-20-8-2-3-17(22)21-9-6-14(7-10-21)23-12-13-4-5-15(18)16(19)11-13;/h4-5,11,14,20H,2-3,6-10,12H2,1H3;1H. The van der Waals surface area contributed by atoms with Gasteiger partial charge in [-0.05, 0) is 50.6 Å². The van der Waals surface area contributed by atoms with Crippen molar-refractivity contribution < 1.29 is 9.53 Å². The fraction of sp³-hybridized carbons (Fsp3) is 0.588. The maximum atomic E-state index is 12.1. The highest BCUT2D eigenvalue weighted by Crippen LogP contribution is 2.24. The van der Waals surface area contributed by atoms with E-state index in [4.69, 9.17) is 27.9 Å². The Morgan fingerprint density at radius 3 is 2.62 bits per heavy atom. The van der Waals surface area contributed by atoms with Gasteiger partial charge in [-0.25, -0.2) is 0 Å². The molecule has 0 radical (unpaired) electrons. The lowest BCUT2D eigenvalue weighted by Gasteiger charge is -2.32. The van der Waals surface area contributed by atoms with Crippen LogP contribution in [0, 0.1) is 0 Å². The third kappa shape index (κ3) is 6.77. The first-order valence-electron chi connectivity index (χ1n) is 8.08. The molecule has 1 amide bonds. The van der Waals surface area contributed by atoms with Gasteiger partial charge in [0.15, 0.2) is 0 Å². The summed E-state index contributed by atoms with van der Waals surface area (Å²) in [4.78, 5) is 14.0. The number of rotatable bonds is 7. The van der Waals surface area contributed by atoms with Crippen LogP contribution in [-0.2, 0) is 16.1 Å². The molecule has 7 heteroatoms. The number of carbonyl (C=O) groups is 1. The lowest BCUT2D eigenvalue weighted by atomic mass is 10.1. The van der Waals surface area contributed by atoms with Crippen molar-refractivity contribution >= 4 is 41.5 Å². The Hall–Kier alpha value is -0.520. The number of halogens is 3. The number of benzene rings is 1. The molecule has 0 atom stereocenters. The molecule has 1 N–H and O–H groups in total. The number of piperidine rings is 1. The number of amides is 1. The van der Waals surface area contributed by atoms with Crippen LogP contribution in [-0.4, -0.2) is 43.6 Å². The van der Waals surface area contributed by atoms with Crippen LogP contribution in [0.5, 0.6) is 0 Å². The molecule has 1 saturated heterocycles. The van der Waals surface area contributed by atoms with Crippen LogP contribution < -0.4 is 5.32 Å². The van der Waals surface area contributed by atoms with Crippen molar-refractivity contribution in [3.8, 4) is 0 Å². The summed E-state index contributed by atoms with van der Waals surface area (Å²) in [6.45, 7) is 2.97. The summed E-state index contributed by atoms with van der Waals surface area (Å²) in [5.74, 6) is 0.253. The smallest absolute Gasteiger partial charge is 0.222 e. The predicted octanol–water partition coefficient (Wildman–Crippen LogP) is 3.92. The molecular formula is C17H25Cl3N2O2. The maximum absolute atomic E-state index is 12.1. The van der Waals surface area contributed by atoms with Crippen LogP contribution in [0.1, 0.15) is 31.2 Å². The molecule has 2 rings (SSSR count). The van der Waals surface area contributed by atoms with E-state index in [1.54, 1.807) is 6.07 Å². The van der Waals surface area contributed by atoms with E-state index in [0.717, 1.165) is 44.5 Å². The number of ether oxygens (including phenoxy) is 1. The van der Waals surface area contributed by atoms with Crippen molar-refractivity contribution in [2.75, 3.05) is 26.7 Å². The molecule has 0 unspecified atom stereocenters. The summed E-state index contributed by atoms with van der Waals surface area (Å²) in [7, 11) is 1.90. The summed E-state index contributed by atoms with van der Waals surface area (Å²) >= 11 is 11.9. The van der Waals surface area contributed by atoms with Gasteiger partial charge >= 0.3 is 0 Å². The molecule has 0 spiro atoms. The fourth-order valence-corrected chi connectivity index (χ4v) is 3.01. The van der Waals surface area contributed by atoms with E-state index < -0.39 is 0 Å². The predicted molar refractivity (Wildman–Crippen MR) is 101 cm³/mol. The lowest BCUT2D eigenvalue weighted by molar-refractivity contribution is -0.134. The second kappa shape index (κ2) is 11.2. The molecule has 1 aromatic carbocycles. The second-order valence-electron chi connectivity index (χ2n) is 5.85. The quantitative estimate of drug-likeness (QED) is 0.711. The number of carbonyl (C=O) groups excluding carboxylic acids is 1. The monoisotopic (exact) mass is 394 g/mol. The first kappa shape index (κ1) is 21.5. The van der Waals surface area contributed by atoms with Gasteiger partial charge in [-0.1, -0.05) is 29.3 Å². The van der Waals surface area contributed by atoms with Gasteiger partial charge in [0.1, 0.15) is 0 Å². The summed E-state index contributed by atoms with van der Waals surface area (Å²) < 4.78 is 5.94. The molecule has 0 aromatic heterocycles. The molecule has 1 heterocycles. The normalized spacial score (nSPS) is 15.2. The van der Waals surface area contributed by atoms with Gasteiger partial charge in [0.2, 0.25) is 5.91 Å². The van der Waals surface area contributed by atoms with E-state index in [1.165, 1.54) is 0 Å². The van der Waals surface area contributed by atoms with Gasteiger partial charge in [0.05, 0.1) is 22.8 Å². The van der Waals surface area contributed by atoms with Crippen LogP contribution in [0.4, 0.5) is 0 Å². The van der Waals surface area contributed by atoms with Crippen LogP contribution >= 0.6 is 35.6 Å². The van der Waals surface area contributed by atoms with E-state index in [9.17, 15) is 4.79 Å². The minimum Gasteiger partial charge on any atom is -0.373 e. The van der Waals surface area contributed by atoms with Gasteiger partial charge in [0.25, 0.3) is 0 Å². The molecule has 4 nitrogen and oxygen atoms in total. The Labute approximate surface area is 160 Å². The second-order valence-corrected chi connectivity index (χ2v) is 6.66. The highest BCUT2D eigenvalue weighted by molar-refractivity contribution is 6.42. The van der Waals surface area contributed by atoms with E-state index in [2.05, 4.69) is 5.32 Å². The molecule has 1 aliphatic rings. The zero-order chi connectivity index (χ0) is 16.7. The van der Waals surface area contributed by atoms with Crippen LogP contribution in [0.3, 0.4) is 0 Å². The fourth-order valence-electron chi connectivity index (χ4n) is 2.69. The molecule has 1 aliphatic heterocycles. The number of nitrogens with zero attached hydrogens (tertiary/aromatic N) is 1. The van der Waals surface area contributed by atoms with Crippen molar-refractivity contribution in [3.63, 3.8) is 0 Å². The largest absolute Gasteiger partial charge is 0.373 e. The Morgan fingerprint density at radius 1 is 1.29 bits per heavy atom. The van der Waals surface area contributed by atoms with Crippen molar-refractivity contribution in [2.45, 2.75) is 38.4 Å². The molecule has 24 heavy (non-hydrogen) atoms. The summed E-state index contributed by atoms with van der Waals surface area (Å²) in [5.41, 5.74) is 1.02. The number of hydrogen-bond donors (Lipinski definition) is 1. The molecule has 136 valence electrons. The Bertz CT molecular complexity index is 521. The average Bonchev–Trinajstić information content (AvgIpc) is 2.56. The Kier molecular flexibility index (Phi) is 10.0. The maximum Gasteiger partial charge on any atom is 0.222 e. The van der Waals surface area contributed by atoms with Crippen LogP contribution in [0.2, 0.25) is 10.0 Å². The Morgan fingerprint density at radius 2 is 2.00 bits per heavy atom. The first-order chi connectivity index (χ1) is 11.1. The van der Waals surface area contributed by atoms with Gasteiger partial charge in [0, 0.05) is 19.5 Å². The highest BCUT2D eigenvalue weighted by atomic mass is 35.5. The number of hydrogen-bond acceptors (Lipinski definition) is 3. The van der Waals surface area contributed by atoms with E-state index in [-0.39, 0.29) is 24.4 Å². The van der Waals surface area contributed by atoms with Gasteiger partial charge in [-0.15, -0.1) is 12.4 Å². The van der Waals surface area contributed by atoms with Crippen molar-refractivity contribution in [2.24, 2.45) is 0 Å². The Balaban J connectivity index is 0.00000288. The third-order valence-electron chi connectivity index (χ3n) is 4.08. The summed E-state index contributed by atoms with van der Waals surface area (Å²) in [5, 5.41) is 4.17. The van der Waals surface area contributed by atoms with Crippen molar-refractivity contribution in [3.05, 3.63) is 33.8 Å². The number of nitrogens with one attached hydrogen (secondary N) is 1. The highest BCUT2D eigenvalue weighted by Gasteiger charge is 2.22. The molecule has 1 aromatic rings. The number of likely N-dealkylation sites (tertiary alicyclic amines) is 1.